The second-order valence-electron chi connectivity index (χ2n) is 4.39. The van der Waals surface area contributed by atoms with Crippen molar-refractivity contribution in [2.45, 2.75) is 6.92 Å². The monoisotopic (exact) mass is 380 g/mol. The largest absolute Gasteiger partial charge is 0.436 e. The van der Waals surface area contributed by atoms with E-state index in [2.05, 4.69) is 27.6 Å². The number of fused-ring (bicyclic) bond motifs is 1. The van der Waals surface area contributed by atoms with Gasteiger partial charge in [-0.2, -0.15) is 0 Å². The fraction of sp³-hybridized carbons (Fsp3) is 0.0714. The van der Waals surface area contributed by atoms with Gasteiger partial charge < -0.3 is 4.42 Å². The van der Waals surface area contributed by atoms with Crippen LogP contribution in [0.15, 0.2) is 40.8 Å². The summed E-state index contributed by atoms with van der Waals surface area (Å²) in [7, 11) is 0. The fourth-order valence-corrected chi connectivity index (χ4v) is 2.39. The zero-order valence-corrected chi connectivity index (χ0v) is 12.6. The summed E-state index contributed by atoms with van der Waals surface area (Å²) < 4.78 is 6.77. The van der Waals surface area contributed by atoms with Crippen molar-refractivity contribution in [3.63, 3.8) is 0 Å². The lowest BCUT2D eigenvalue weighted by Crippen LogP contribution is -1.86. The van der Waals surface area contributed by atoms with Gasteiger partial charge in [-0.1, -0.05) is 6.07 Å². The Bertz CT molecular complexity index is 826. The number of hydrogen-bond donors (Lipinski definition) is 0. The third-order valence-electron chi connectivity index (χ3n) is 3.00. The first-order chi connectivity index (χ1) is 9.54. The number of aryl methyl sites for hydroxylation is 1. The van der Waals surface area contributed by atoms with E-state index in [1.807, 2.05) is 25.1 Å². The number of non-ortho nitro benzene ring substituents is 1. The molecule has 0 radical (unpaired) electrons. The first-order valence-corrected chi connectivity index (χ1v) is 6.94. The Labute approximate surface area is 127 Å². The van der Waals surface area contributed by atoms with Gasteiger partial charge in [0.2, 0.25) is 5.89 Å². The van der Waals surface area contributed by atoms with E-state index < -0.39 is 4.92 Å². The molecule has 0 unspecified atom stereocenters. The lowest BCUT2D eigenvalue weighted by Gasteiger charge is -1.99. The molecule has 0 bridgehead atoms. The smallest absolute Gasteiger partial charge is 0.271 e. The predicted molar refractivity (Wildman–Crippen MR) is 83.6 cm³/mol. The summed E-state index contributed by atoms with van der Waals surface area (Å²) in [5.41, 5.74) is 3.08. The molecule has 1 heterocycles. The highest BCUT2D eigenvalue weighted by Gasteiger charge is 2.13. The number of aromatic nitrogens is 1. The van der Waals surface area contributed by atoms with Crippen molar-refractivity contribution in [1.29, 1.82) is 0 Å². The van der Waals surface area contributed by atoms with Crippen LogP contribution in [0.25, 0.3) is 22.6 Å². The van der Waals surface area contributed by atoms with Gasteiger partial charge in [0.1, 0.15) is 5.52 Å². The molecule has 0 atom stereocenters. The summed E-state index contributed by atoms with van der Waals surface area (Å²) >= 11 is 2.25. The first kappa shape index (κ1) is 13.0. The Morgan fingerprint density at radius 2 is 2.05 bits per heavy atom. The fourth-order valence-electron chi connectivity index (χ4n) is 1.88. The quantitative estimate of drug-likeness (QED) is 0.377. The molecule has 0 saturated carbocycles. The van der Waals surface area contributed by atoms with E-state index in [0.717, 1.165) is 9.13 Å². The minimum Gasteiger partial charge on any atom is -0.436 e. The van der Waals surface area contributed by atoms with E-state index in [4.69, 9.17) is 4.42 Å². The molecule has 20 heavy (non-hydrogen) atoms. The highest BCUT2D eigenvalue weighted by atomic mass is 127. The zero-order valence-electron chi connectivity index (χ0n) is 10.5. The standard InChI is InChI=1S/C14H9IN2O3/c1-8-2-3-9(6-11(8)15)14-16-12-7-10(17(18)19)4-5-13(12)20-14/h2-7H,1H3. The van der Waals surface area contributed by atoms with E-state index in [9.17, 15) is 10.1 Å². The average molecular weight is 380 g/mol. The Morgan fingerprint density at radius 1 is 1.25 bits per heavy atom. The maximum atomic E-state index is 10.7. The van der Waals surface area contributed by atoms with E-state index >= 15 is 0 Å². The number of benzene rings is 2. The Kier molecular flexibility index (Phi) is 3.17. The number of hydrogen-bond acceptors (Lipinski definition) is 4. The van der Waals surface area contributed by atoms with Crippen molar-refractivity contribution in [2.24, 2.45) is 0 Å². The Hall–Kier alpha value is -1.96. The summed E-state index contributed by atoms with van der Waals surface area (Å²) in [6.45, 7) is 2.03. The molecule has 6 heteroatoms. The van der Waals surface area contributed by atoms with Crippen LogP contribution in [0.5, 0.6) is 0 Å². The molecule has 1 aromatic heterocycles. The summed E-state index contributed by atoms with van der Waals surface area (Å²) in [5.74, 6) is 0.471. The van der Waals surface area contributed by atoms with Crippen molar-refractivity contribution in [1.82, 2.24) is 4.98 Å². The molecule has 0 N–H and O–H groups in total. The third-order valence-corrected chi connectivity index (χ3v) is 4.16. The highest BCUT2D eigenvalue weighted by Crippen LogP contribution is 2.28. The van der Waals surface area contributed by atoms with E-state index in [-0.39, 0.29) is 5.69 Å². The summed E-state index contributed by atoms with van der Waals surface area (Å²) in [6, 6.07) is 10.3. The Balaban J connectivity index is 2.12. The van der Waals surface area contributed by atoms with Gasteiger partial charge in [0.15, 0.2) is 5.58 Å². The van der Waals surface area contributed by atoms with Crippen molar-refractivity contribution in [3.05, 3.63) is 55.6 Å². The van der Waals surface area contributed by atoms with Gasteiger partial charge in [0.05, 0.1) is 4.92 Å². The molecular formula is C14H9IN2O3. The molecule has 2 aromatic carbocycles. The number of nitrogens with zero attached hydrogens (tertiary/aromatic N) is 2. The number of rotatable bonds is 2. The molecule has 3 rings (SSSR count). The molecule has 0 aliphatic rings. The van der Waals surface area contributed by atoms with Crippen LogP contribution in [0.4, 0.5) is 5.69 Å². The number of halogens is 1. The van der Waals surface area contributed by atoms with Gasteiger partial charge in [-0.15, -0.1) is 0 Å². The van der Waals surface area contributed by atoms with Crippen LogP contribution >= 0.6 is 22.6 Å². The van der Waals surface area contributed by atoms with Crippen LogP contribution in [-0.2, 0) is 0 Å². The lowest BCUT2D eigenvalue weighted by molar-refractivity contribution is -0.384. The summed E-state index contributed by atoms with van der Waals surface area (Å²) in [5, 5.41) is 10.7. The molecule has 0 saturated heterocycles. The van der Waals surface area contributed by atoms with Gasteiger partial charge in [-0.3, -0.25) is 10.1 Å². The van der Waals surface area contributed by atoms with Crippen LogP contribution < -0.4 is 0 Å². The van der Waals surface area contributed by atoms with E-state index in [1.165, 1.54) is 17.7 Å². The van der Waals surface area contributed by atoms with Crippen molar-refractivity contribution < 1.29 is 9.34 Å². The molecule has 0 aliphatic carbocycles. The minimum atomic E-state index is -0.442. The van der Waals surface area contributed by atoms with Gasteiger partial charge >= 0.3 is 0 Å². The first-order valence-electron chi connectivity index (χ1n) is 5.86. The summed E-state index contributed by atoms with van der Waals surface area (Å²) in [6.07, 6.45) is 0. The van der Waals surface area contributed by atoms with Gasteiger partial charge in [-0.25, -0.2) is 4.98 Å². The normalized spacial score (nSPS) is 10.9. The van der Waals surface area contributed by atoms with Crippen LogP contribution in [0.3, 0.4) is 0 Å². The zero-order chi connectivity index (χ0) is 14.3. The molecule has 100 valence electrons. The van der Waals surface area contributed by atoms with Gasteiger partial charge in [0, 0.05) is 21.3 Å². The SMILES string of the molecule is Cc1ccc(-c2nc3cc([N+](=O)[O-])ccc3o2)cc1I. The van der Waals surface area contributed by atoms with Crippen LogP contribution in [-0.4, -0.2) is 9.91 Å². The minimum absolute atomic E-state index is 0.0100. The molecule has 0 aliphatic heterocycles. The third kappa shape index (κ3) is 2.26. The molecule has 0 amide bonds. The van der Waals surface area contributed by atoms with Crippen LogP contribution in [0, 0.1) is 20.6 Å². The average Bonchev–Trinajstić information content (AvgIpc) is 2.84. The maximum Gasteiger partial charge on any atom is 0.271 e. The van der Waals surface area contributed by atoms with Crippen LogP contribution in [0.2, 0.25) is 0 Å². The number of oxazole rings is 1. The highest BCUT2D eigenvalue weighted by molar-refractivity contribution is 14.1. The molecule has 3 aromatic rings. The molecule has 0 spiro atoms. The molecule has 5 nitrogen and oxygen atoms in total. The Morgan fingerprint density at radius 3 is 2.75 bits per heavy atom. The second-order valence-corrected chi connectivity index (χ2v) is 5.55. The van der Waals surface area contributed by atoms with Gasteiger partial charge in [-0.05, 0) is 53.3 Å². The van der Waals surface area contributed by atoms with E-state index in [0.29, 0.717) is 17.0 Å². The topological polar surface area (TPSA) is 69.2 Å². The van der Waals surface area contributed by atoms with Crippen molar-refractivity contribution in [2.75, 3.05) is 0 Å². The van der Waals surface area contributed by atoms with Gasteiger partial charge in [0.25, 0.3) is 5.69 Å². The molecule has 0 fully saturated rings. The lowest BCUT2D eigenvalue weighted by atomic mass is 10.1. The molecular weight excluding hydrogens is 371 g/mol. The maximum absolute atomic E-state index is 10.7. The van der Waals surface area contributed by atoms with Crippen LogP contribution in [0.1, 0.15) is 5.56 Å². The number of nitro benzene ring substituents is 1. The number of nitro groups is 1. The second kappa shape index (κ2) is 4.86. The van der Waals surface area contributed by atoms with E-state index in [1.54, 1.807) is 6.07 Å². The predicted octanol–water partition coefficient (Wildman–Crippen LogP) is 4.32. The van der Waals surface area contributed by atoms with Crippen molar-refractivity contribution >= 4 is 39.4 Å². The van der Waals surface area contributed by atoms with Crippen molar-refractivity contribution in [3.8, 4) is 11.5 Å². The summed E-state index contributed by atoms with van der Waals surface area (Å²) in [4.78, 5) is 14.6.